The average Bonchev–Trinajstić information content (AvgIpc) is 2.41. The van der Waals surface area contributed by atoms with E-state index in [0.717, 1.165) is 36.2 Å². The molecule has 1 fully saturated rings. The molecule has 1 aromatic rings. The molecule has 1 saturated carbocycles. The number of benzene rings is 1. The summed E-state index contributed by atoms with van der Waals surface area (Å²) in [4.78, 5) is 0. The zero-order valence-electron chi connectivity index (χ0n) is 11.6. The van der Waals surface area contributed by atoms with Crippen molar-refractivity contribution in [3.05, 3.63) is 28.7 Å². The maximum absolute atomic E-state index is 5.99. The summed E-state index contributed by atoms with van der Waals surface area (Å²) < 4.78 is 12.9. The van der Waals surface area contributed by atoms with E-state index < -0.39 is 0 Å². The van der Waals surface area contributed by atoms with Crippen molar-refractivity contribution in [2.75, 3.05) is 13.2 Å². The molecule has 1 aromatic carbocycles. The monoisotopic (exact) mass is 327 g/mol. The normalized spacial score (nSPS) is 25.9. The number of halogens is 1. The highest BCUT2D eigenvalue weighted by Gasteiger charge is 2.43. The number of rotatable bonds is 7. The van der Waals surface area contributed by atoms with E-state index >= 15 is 0 Å². The molecule has 4 heteroatoms. The van der Waals surface area contributed by atoms with Gasteiger partial charge in [-0.3, -0.25) is 0 Å². The molecule has 3 nitrogen and oxygen atoms in total. The Kier molecular flexibility index (Phi) is 5.67. The SMILES string of the molecule is CCCNC1CC(Oc2ccc(Br)cc2)C1OCC. The molecular weight excluding hydrogens is 306 g/mol. The zero-order chi connectivity index (χ0) is 13.7. The molecule has 0 saturated heterocycles. The van der Waals surface area contributed by atoms with E-state index in [1.165, 1.54) is 0 Å². The van der Waals surface area contributed by atoms with Crippen molar-refractivity contribution in [2.45, 2.75) is 44.9 Å². The Morgan fingerprint density at radius 1 is 1.26 bits per heavy atom. The van der Waals surface area contributed by atoms with Gasteiger partial charge in [0.25, 0.3) is 0 Å². The molecular formula is C15H22BrNO2. The van der Waals surface area contributed by atoms with Gasteiger partial charge in [-0.2, -0.15) is 0 Å². The summed E-state index contributed by atoms with van der Waals surface area (Å²) in [6.07, 6.45) is 2.49. The summed E-state index contributed by atoms with van der Waals surface area (Å²) >= 11 is 3.43. The number of nitrogens with one attached hydrogen (secondary N) is 1. The molecule has 0 spiro atoms. The second kappa shape index (κ2) is 7.27. The van der Waals surface area contributed by atoms with Crippen LogP contribution in [0.4, 0.5) is 0 Å². The smallest absolute Gasteiger partial charge is 0.128 e. The predicted octanol–water partition coefficient (Wildman–Crippen LogP) is 3.37. The highest BCUT2D eigenvalue weighted by atomic mass is 79.9. The van der Waals surface area contributed by atoms with E-state index in [0.29, 0.717) is 6.04 Å². The van der Waals surface area contributed by atoms with Gasteiger partial charge in [-0.25, -0.2) is 0 Å². The molecule has 1 aliphatic carbocycles. The molecule has 0 radical (unpaired) electrons. The number of ether oxygens (including phenoxy) is 2. The minimum atomic E-state index is 0.162. The van der Waals surface area contributed by atoms with Gasteiger partial charge < -0.3 is 14.8 Å². The van der Waals surface area contributed by atoms with E-state index in [9.17, 15) is 0 Å². The Bertz CT molecular complexity index is 382. The highest BCUT2D eigenvalue weighted by Crippen LogP contribution is 2.29. The van der Waals surface area contributed by atoms with Crippen molar-refractivity contribution >= 4 is 15.9 Å². The van der Waals surface area contributed by atoms with Gasteiger partial charge in [0.1, 0.15) is 18.0 Å². The van der Waals surface area contributed by atoms with Gasteiger partial charge in [0.2, 0.25) is 0 Å². The number of hydrogen-bond acceptors (Lipinski definition) is 3. The van der Waals surface area contributed by atoms with Gasteiger partial charge in [0, 0.05) is 23.5 Å². The van der Waals surface area contributed by atoms with Crippen LogP contribution in [0.25, 0.3) is 0 Å². The summed E-state index contributed by atoms with van der Waals surface area (Å²) in [7, 11) is 0. The van der Waals surface area contributed by atoms with Crippen LogP contribution in [-0.2, 0) is 4.74 Å². The van der Waals surface area contributed by atoms with Gasteiger partial charge in [-0.15, -0.1) is 0 Å². The fourth-order valence-electron chi connectivity index (χ4n) is 2.33. The third-order valence-electron chi connectivity index (χ3n) is 3.37. The lowest BCUT2D eigenvalue weighted by atomic mass is 9.85. The van der Waals surface area contributed by atoms with Crippen LogP contribution in [0.3, 0.4) is 0 Å². The van der Waals surface area contributed by atoms with Crippen molar-refractivity contribution in [3.63, 3.8) is 0 Å². The summed E-state index contributed by atoms with van der Waals surface area (Å²) in [6.45, 7) is 5.98. The fourth-order valence-corrected chi connectivity index (χ4v) is 2.59. The first-order valence-corrected chi connectivity index (χ1v) is 7.81. The molecule has 0 aliphatic heterocycles. The van der Waals surface area contributed by atoms with Crippen LogP contribution in [0, 0.1) is 0 Å². The van der Waals surface area contributed by atoms with Gasteiger partial charge in [0.05, 0.1) is 0 Å². The fraction of sp³-hybridized carbons (Fsp3) is 0.600. The van der Waals surface area contributed by atoms with Crippen LogP contribution < -0.4 is 10.1 Å². The largest absolute Gasteiger partial charge is 0.488 e. The molecule has 1 aliphatic rings. The summed E-state index contributed by atoms with van der Waals surface area (Å²) in [5, 5.41) is 3.52. The molecule has 0 aromatic heterocycles. The van der Waals surface area contributed by atoms with E-state index in [1.807, 2.05) is 31.2 Å². The Labute approximate surface area is 123 Å². The topological polar surface area (TPSA) is 30.5 Å². The molecule has 2 rings (SSSR count). The average molecular weight is 328 g/mol. The van der Waals surface area contributed by atoms with Crippen LogP contribution in [0.15, 0.2) is 28.7 Å². The van der Waals surface area contributed by atoms with Crippen LogP contribution in [-0.4, -0.2) is 31.4 Å². The first kappa shape index (κ1) is 14.8. The van der Waals surface area contributed by atoms with E-state index in [2.05, 4.69) is 28.2 Å². The maximum Gasteiger partial charge on any atom is 0.128 e. The predicted molar refractivity (Wildman–Crippen MR) is 80.7 cm³/mol. The third-order valence-corrected chi connectivity index (χ3v) is 3.89. The highest BCUT2D eigenvalue weighted by molar-refractivity contribution is 9.10. The van der Waals surface area contributed by atoms with Gasteiger partial charge in [0.15, 0.2) is 0 Å². The lowest BCUT2D eigenvalue weighted by Gasteiger charge is -2.44. The molecule has 0 bridgehead atoms. The molecule has 3 atom stereocenters. The summed E-state index contributed by atoms with van der Waals surface area (Å²) in [6, 6.07) is 8.40. The van der Waals surface area contributed by atoms with Crippen molar-refractivity contribution in [2.24, 2.45) is 0 Å². The second-order valence-electron chi connectivity index (χ2n) is 4.83. The standard InChI is InChI=1S/C15H22BrNO2/c1-3-9-17-13-10-14(15(13)18-4-2)19-12-7-5-11(16)6-8-12/h5-8,13-15,17H,3-4,9-10H2,1-2H3. The van der Waals surface area contributed by atoms with Crippen molar-refractivity contribution in [1.29, 1.82) is 0 Å². The summed E-state index contributed by atoms with van der Waals surface area (Å²) in [5.41, 5.74) is 0. The minimum Gasteiger partial charge on any atom is -0.488 e. The Morgan fingerprint density at radius 2 is 2.00 bits per heavy atom. The molecule has 19 heavy (non-hydrogen) atoms. The first-order chi connectivity index (χ1) is 9.24. The van der Waals surface area contributed by atoms with Crippen LogP contribution >= 0.6 is 15.9 Å². The second-order valence-corrected chi connectivity index (χ2v) is 5.74. The quantitative estimate of drug-likeness (QED) is 0.832. The summed E-state index contributed by atoms with van der Waals surface area (Å²) in [5.74, 6) is 0.909. The molecule has 0 amide bonds. The van der Waals surface area contributed by atoms with Crippen molar-refractivity contribution < 1.29 is 9.47 Å². The van der Waals surface area contributed by atoms with E-state index in [-0.39, 0.29) is 12.2 Å². The third kappa shape index (κ3) is 3.94. The number of hydrogen-bond donors (Lipinski definition) is 1. The molecule has 1 N–H and O–H groups in total. The Balaban J connectivity index is 1.88. The Hall–Kier alpha value is -0.580. The van der Waals surface area contributed by atoms with E-state index in [4.69, 9.17) is 9.47 Å². The Morgan fingerprint density at radius 3 is 2.63 bits per heavy atom. The molecule has 3 unspecified atom stereocenters. The maximum atomic E-state index is 5.99. The lowest BCUT2D eigenvalue weighted by molar-refractivity contribution is -0.104. The minimum absolute atomic E-state index is 0.162. The van der Waals surface area contributed by atoms with Crippen molar-refractivity contribution in [3.8, 4) is 5.75 Å². The molecule has 0 heterocycles. The zero-order valence-corrected chi connectivity index (χ0v) is 13.2. The van der Waals surface area contributed by atoms with E-state index in [1.54, 1.807) is 0 Å². The first-order valence-electron chi connectivity index (χ1n) is 7.01. The van der Waals surface area contributed by atoms with Gasteiger partial charge >= 0.3 is 0 Å². The lowest BCUT2D eigenvalue weighted by Crippen LogP contribution is -2.61. The van der Waals surface area contributed by atoms with Crippen LogP contribution in [0.2, 0.25) is 0 Å². The van der Waals surface area contributed by atoms with Crippen LogP contribution in [0.1, 0.15) is 26.7 Å². The van der Waals surface area contributed by atoms with Crippen molar-refractivity contribution in [1.82, 2.24) is 5.32 Å². The van der Waals surface area contributed by atoms with Crippen LogP contribution in [0.5, 0.6) is 5.75 Å². The molecule has 106 valence electrons. The van der Waals surface area contributed by atoms with Gasteiger partial charge in [-0.05, 0) is 44.2 Å². The van der Waals surface area contributed by atoms with Gasteiger partial charge in [-0.1, -0.05) is 22.9 Å².